The first-order chi connectivity index (χ1) is 9.15. The molecule has 0 atom stereocenters. The standard InChI is InChI=1S/C14H13BrO3S/c1-17-9-3-4-10(13(7-9)18-2)12(16)8-14-11(15)5-6-19-14/h3-7H,8H2,1-2H3. The van der Waals surface area contributed by atoms with Crippen LogP contribution in [-0.4, -0.2) is 20.0 Å². The van der Waals surface area contributed by atoms with E-state index in [2.05, 4.69) is 15.9 Å². The van der Waals surface area contributed by atoms with E-state index in [-0.39, 0.29) is 5.78 Å². The summed E-state index contributed by atoms with van der Waals surface area (Å²) in [5.74, 6) is 1.24. The number of hydrogen-bond donors (Lipinski definition) is 0. The molecule has 0 aliphatic heterocycles. The molecule has 0 aliphatic rings. The van der Waals surface area contributed by atoms with E-state index in [1.165, 1.54) is 0 Å². The average Bonchev–Trinajstić information content (AvgIpc) is 2.83. The Kier molecular flexibility index (Phi) is 4.61. The molecule has 3 nitrogen and oxygen atoms in total. The maximum absolute atomic E-state index is 12.3. The fraction of sp³-hybridized carbons (Fsp3) is 0.214. The van der Waals surface area contributed by atoms with Crippen molar-refractivity contribution in [3.8, 4) is 11.5 Å². The number of Topliss-reactive ketones (excluding diaryl/α,β-unsaturated/α-hetero) is 1. The molecule has 0 aliphatic carbocycles. The number of ether oxygens (including phenoxy) is 2. The highest BCUT2D eigenvalue weighted by Crippen LogP contribution is 2.28. The van der Waals surface area contributed by atoms with Crippen molar-refractivity contribution < 1.29 is 14.3 Å². The van der Waals surface area contributed by atoms with Gasteiger partial charge in [0.1, 0.15) is 11.5 Å². The summed E-state index contributed by atoms with van der Waals surface area (Å²) in [7, 11) is 3.13. The molecule has 0 unspecified atom stereocenters. The lowest BCUT2D eigenvalue weighted by Gasteiger charge is -2.09. The fourth-order valence-corrected chi connectivity index (χ4v) is 3.21. The number of thiophene rings is 1. The van der Waals surface area contributed by atoms with Crippen LogP contribution in [0.15, 0.2) is 34.1 Å². The molecule has 100 valence electrons. The highest BCUT2D eigenvalue weighted by Gasteiger charge is 2.15. The average molecular weight is 341 g/mol. The Hall–Kier alpha value is -1.33. The maximum Gasteiger partial charge on any atom is 0.171 e. The van der Waals surface area contributed by atoms with E-state index < -0.39 is 0 Å². The van der Waals surface area contributed by atoms with Gasteiger partial charge in [-0.15, -0.1) is 11.3 Å². The third-order valence-electron chi connectivity index (χ3n) is 2.72. The van der Waals surface area contributed by atoms with Gasteiger partial charge in [-0.2, -0.15) is 0 Å². The molecule has 1 heterocycles. The molecule has 0 saturated carbocycles. The van der Waals surface area contributed by atoms with Crippen LogP contribution >= 0.6 is 27.3 Å². The van der Waals surface area contributed by atoms with Crippen molar-refractivity contribution in [2.45, 2.75) is 6.42 Å². The number of methoxy groups -OCH3 is 2. The van der Waals surface area contributed by atoms with Crippen molar-refractivity contribution in [2.24, 2.45) is 0 Å². The van der Waals surface area contributed by atoms with E-state index >= 15 is 0 Å². The lowest BCUT2D eigenvalue weighted by Crippen LogP contribution is -2.05. The van der Waals surface area contributed by atoms with E-state index in [4.69, 9.17) is 9.47 Å². The second-order valence-electron chi connectivity index (χ2n) is 3.86. The summed E-state index contributed by atoms with van der Waals surface area (Å²) in [6.07, 6.45) is 0.362. The second-order valence-corrected chi connectivity index (χ2v) is 5.71. The Morgan fingerprint density at radius 2 is 2.05 bits per heavy atom. The molecular formula is C14H13BrO3S. The molecule has 0 radical (unpaired) electrons. The molecule has 2 aromatic rings. The molecule has 0 spiro atoms. The van der Waals surface area contributed by atoms with Crippen LogP contribution in [0.5, 0.6) is 11.5 Å². The van der Waals surface area contributed by atoms with Gasteiger partial charge in [0.15, 0.2) is 5.78 Å². The van der Waals surface area contributed by atoms with Gasteiger partial charge in [0.05, 0.1) is 19.8 Å². The SMILES string of the molecule is COc1ccc(C(=O)Cc2sccc2Br)c(OC)c1. The zero-order valence-corrected chi connectivity index (χ0v) is 13.0. The smallest absolute Gasteiger partial charge is 0.171 e. The highest BCUT2D eigenvalue weighted by molar-refractivity contribution is 9.10. The molecule has 2 rings (SSSR count). The molecule has 1 aromatic carbocycles. The Morgan fingerprint density at radius 1 is 1.26 bits per heavy atom. The minimum absolute atomic E-state index is 0.0302. The molecule has 0 amide bonds. The molecule has 19 heavy (non-hydrogen) atoms. The van der Waals surface area contributed by atoms with E-state index in [1.54, 1.807) is 43.8 Å². The highest BCUT2D eigenvalue weighted by atomic mass is 79.9. The summed E-state index contributed by atoms with van der Waals surface area (Å²) in [6, 6.07) is 7.16. The number of hydrogen-bond acceptors (Lipinski definition) is 4. The molecule has 0 N–H and O–H groups in total. The first kappa shape index (κ1) is 14.1. The summed E-state index contributed by atoms with van der Waals surface area (Å²) in [5.41, 5.74) is 0.573. The normalized spacial score (nSPS) is 10.3. The maximum atomic E-state index is 12.3. The Labute approximate surface area is 124 Å². The number of carbonyl (C=O) groups is 1. The first-order valence-electron chi connectivity index (χ1n) is 5.62. The number of halogens is 1. The summed E-state index contributed by atoms with van der Waals surface area (Å²) in [6.45, 7) is 0. The van der Waals surface area contributed by atoms with Crippen LogP contribution in [0.3, 0.4) is 0 Å². The van der Waals surface area contributed by atoms with E-state index in [9.17, 15) is 4.79 Å². The van der Waals surface area contributed by atoms with Gasteiger partial charge in [-0.3, -0.25) is 4.79 Å². The molecule has 5 heteroatoms. The topological polar surface area (TPSA) is 35.5 Å². The number of ketones is 1. The summed E-state index contributed by atoms with van der Waals surface area (Å²) >= 11 is 4.99. The summed E-state index contributed by atoms with van der Waals surface area (Å²) < 4.78 is 11.3. The zero-order valence-electron chi connectivity index (χ0n) is 10.6. The quantitative estimate of drug-likeness (QED) is 0.773. The lowest BCUT2D eigenvalue weighted by atomic mass is 10.1. The van der Waals surface area contributed by atoms with Gasteiger partial charge in [0.2, 0.25) is 0 Å². The van der Waals surface area contributed by atoms with Crippen molar-refractivity contribution in [2.75, 3.05) is 14.2 Å². The zero-order chi connectivity index (χ0) is 13.8. The van der Waals surface area contributed by atoms with Crippen LogP contribution in [0.25, 0.3) is 0 Å². The number of rotatable bonds is 5. The van der Waals surface area contributed by atoms with Crippen LogP contribution in [0.1, 0.15) is 15.2 Å². The largest absolute Gasteiger partial charge is 0.497 e. The van der Waals surface area contributed by atoms with Crippen molar-refractivity contribution in [1.82, 2.24) is 0 Å². The Morgan fingerprint density at radius 3 is 2.63 bits per heavy atom. The Balaban J connectivity index is 2.26. The van der Waals surface area contributed by atoms with Gasteiger partial charge >= 0.3 is 0 Å². The minimum Gasteiger partial charge on any atom is -0.497 e. The fourth-order valence-electron chi connectivity index (χ4n) is 1.72. The third-order valence-corrected chi connectivity index (χ3v) is 4.65. The van der Waals surface area contributed by atoms with E-state index in [0.717, 1.165) is 9.35 Å². The minimum atomic E-state index is 0.0302. The van der Waals surface area contributed by atoms with Gasteiger partial charge in [0, 0.05) is 21.8 Å². The van der Waals surface area contributed by atoms with Gasteiger partial charge in [-0.25, -0.2) is 0 Å². The lowest BCUT2D eigenvalue weighted by molar-refractivity contribution is 0.0990. The van der Waals surface area contributed by atoms with Gasteiger partial charge in [-0.05, 0) is 39.5 Å². The summed E-state index contributed by atoms with van der Waals surface area (Å²) in [5, 5.41) is 1.96. The van der Waals surface area contributed by atoms with Crippen molar-refractivity contribution >= 4 is 33.0 Å². The molecule has 1 aromatic heterocycles. The molecule has 0 fully saturated rings. The van der Waals surface area contributed by atoms with Crippen molar-refractivity contribution in [1.29, 1.82) is 0 Å². The van der Waals surface area contributed by atoms with Crippen LogP contribution in [0, 0.1) is 0 Å². The molecule has 0 bridgehead atoms. The first-order valence-corrected chi connectivity index (χ1v) is 7.30. The molecular weight excluding hydrogens is 328 g/mol. The van der Waals surface area contributed by atoms with Crippen molar-refractivity contribution in [3.05, 3.63) is 44.6 Å². The predicted octanol–water partition coefficient (Wildman–Crippen LogP) is 3.95. The van der Waals surface area contributed by atoms with E-state index in [1.807, 2.05) is 11.4 Å². The van der Waals surface area contributed by atoms with Crippen LogP contribution in [-0.2, 0) is 6.42 Å². The third kappa shape index (κ3) is 3.16. The summed E-state index contributed by atoms with van der Waals surface area (Å²) in [4.78, 5) is 13.3. The van der Waals surface area contributed by atoms with Crippen LogP contribution < -0.4 is 9.47 Å². The van der Waals surface area contributed by atoms with Crippen molar-refractivity contribution in [3.63, 3.8) is 0 Å². The van der Waals surface area contributed by atoms with Crippen LogP contribution in [0.2, 0.25) is 0 Å². The van der Waals surface area contributed by atoms with Gasteiger partial charge in [-0.1, -0.05) is 0 Å². The number of carbonyl (C=O) groups excluding carboxylic acids is 1. The van der Waals surface area contributed by atoms with Crippen LogP contribution in [0.4, 0.5) is 0 Å². The van der Waals surface area contributed by atoms with Gasteiger partial charge < -0.3 is 9.47 Å². The van der Waals surface area contributed by atoms with E-state index in [0.29, 0.717) is 23.5 Å². The molecule has 0 saturated heterocycles. The second kappa shape index (κ2) is 6.21. The monoisotopic (exact) mass is 340 g/mol. The number of benzene rings is 1. The predicted molar refractivity (Wildman–Crippen MR) is 79.6 cm³/mol. The van der Waals surface area contributed by atoms with Gasteiger partial charge in [0.25, 0.3) is 0 Å². The Bertz CT molecular complexity index is 592.